The van der Waals surface area contributed by atoms with Gasteiger partial charge in [-0.15, -0.1) is 0 Å². The zero-order chi connectivity index (χ0) is 93.2. The molecular weight excluding hydrogens is 1660 g/mol. The Kier molecular flexibility index (Phi) is 37.9. The van der Waals surface area contributed by atoms with Crippen LogP contribution in [0.15, 0.2) is 322 Å². The maximum Gasteiger partial charge on any atom is 0.416 e. The molecule has 27 nitrogen and oxygen atoms in total. The van der Waals surface area contributed by atoms with Gasteiger partial charge >= 0.3 is 6.18 Å². The fourth-order valence-electron chi connectivity index (χ4n) is 11.4. The van der Waals surface area contributed by atoms with E-state index in [0.29, 0.717) is 90.1 Å². The van der Waals surface area contributed by atoms with Crippen LogP contribution in [0.2, 0.25) is 0 Å². The first-order chi connectivity index (χ1) is 61.4. The van der Waals surface area contributed by atoms with Crippen molar-refractivity contribution in [1.29, 1.82) is 0 Å². The SMILES string of the molecule is COc1ccccc1C(=O)/C=C/c1ccc([N+](=O)[O-])cc1.COc1ccccc1C(=O)/C=C/c1ccc([N+](=O)[O-])cc1[N+](=O)[O-].COc1ccccc1C(=O)/C=C/c1cccc(C(F)(F)F)c1.COc1ccccc1C(=O)/C=C/c1cccc([N+](=O)[O-])c1.COc1ccccc1C(=O)/C=C/c1ccccc1C.COc1ccccc1C(=O)/C=C/c1ccccc1[N+](=O)[O-]. The number of benzene rings is 12. The summed E-state index contributed by atoms with van der Waals surface area (Å²) in [5.74, 6) is 1.39. The summed E-state index contributed by atoms with van der Waals surface area (Å²) in [7, 11) is 8.93. The van der Waals surface area contributed by atoms with Crippen LogP contribution < -0.4 is 28.4 Å². The van der Waals surface area contributed by atoms with E-state index < -0.39 is 53.5 Å². The lowest BCUT2D eigenvalue weighted by Gasteiger charge is -2.07. The lowest BCUT2D eigenvalue weighted by molar-refractivity contribution is -0.394. The minimum absolute atomic E-state index is 0.0121. The van der Waals surface area contributed by atoms with Crippen molar-refractivity contribution < 1.29 is 95.0 Å². The predicted octanol–water partition coefficient (Wildman–Crippen LogP) is 22.4. The van der Waals surface area contributed by atoms with E-state index >= 15 is 0 Å². The van der Waals surface area contributed by atoms with Gasteiger partial charge in [-0.05, 0) is 193 Å². The second kappa shape index (κ2) is 49.6. The molecule has 0 fully saturated rings. The number of nitro benzene ring substituents is 5. The number of halogens is 3. The summed E-state index contributed by atoms with van der Waals surface area (Å²) in [5, 5.41) is 53.9. The normalized spacial score (nSPS) is 10.7. The van der Waals surface area contributed by atoms with Gasteiger partial charge in [0.25, 0.3) is 28.4 Å². The summed E-state index contributed by atoms with van der Waals surface area (Å²) in [5.41, 5.74) is 5.21. The molecule has 128 heavy (non-hydrogen) atoms. The average molecular weight is 1740 g/mol. The molecule has 0 N–H and O–H groups in total. The van der Waals surface area contributed by atoms with Crippen molar-refractivity contribution in [2.45, 2.75) is 13.1 Å². The minimum Gasteiger partial charge on any atom is -0.496 e. The summed E-state index contributed by atoms with van der Waals surface area (Å²) < 4.78 is 68.6. The van der Waals surface area contributed by atoms with E-state index in [2.05, 4.69) is 0 Å². The molecule has 0 aromatic heterocycles. The predicted molar refractivity (Wildman–Crippen MR) is 480 cm³/mol. The number of carbonyl (C=O) groups is 6. The third-order valence-electron chi connectivity index (χ3n) is 17.9. The Morgan fingerprint density at radius 2 is 0.547 bits per heavy atom. The van der Waals surface area contributed by atoms with Crippen LogP contribution in [0.5, 0.6) is 34.5 Å². The van der Waals surface area contributed by atoms with Crippen LogP contribution in [0, 0.1) is 57.5 Å². The summed E-state index contributed by atoms with van der Waals surface area (Å²) in [4.78, 5) is 124. The number of rotatable bonds is 29. The van der Waals surface area contributed by atoms with E-state index in [1.165, 1.54) is 127 Å². The van der Waals surface area contributed by atoms with Crippen LogP contribution in [0.1, 0.15) is 107 Å². The molecule has 0 heterocycles. The van der Waals surface area contributed by atoms with Crippen LogP contribution in [0.3, 0.4) is 0 Å². The van der Waals surface area contributed by atoms with Crippen molar-refractivity contribution in [1.82, 2.24) is 0 Å². The third-order valence-corrected chi connectivity index (χ3v) is 17.9. The minimum atomic E-state index is -4.41. The van der Waals surface area contributed by atoms with Gasteiger partial charge in [0.05, 0.1) is 123 Å². The van der Waals surface area contributed by atoms with Crippen LogP contribution in [0.25, 0.3) is 36.5 Å². The van der Waals surface area contributed by atoms with E-state index in [4.69, 9.17) is 28.4 Å². The highest BCUT2D eigenvalue weighted by Gasteiger charge is 2.30. The maximum absolute atomic E-state index is 12.6. The molecule has 650 valence electrons. The number of aryl methyl sites for hydroxylation is 1. The Morgan fingerprint density at radius 1 is 0.266 bits per heavy atom. The van der Waals surface area contributed by atoms with Gasteiger partial charge in [0.2, 0.25) is 0 Å². The summed E-state index contributed by atoms with van der Waals surface area (Å²) in [6.45, 7) is 2.02. The highest BCUT2D eigenvalue weighted by atomic mass is 19.4. The van der Waals surface area contributed by atoms with E-state index in [1.807, 2.05) is 49.4 Å². The topological polar surface area (TPSA) is 373 Å². The first-order valence-corrected chi connectivity index (χ1v) is 37.9. The summed E-state index contributed by atoms with van der Waals surface area (Å²) >= 11 is 0. The fraction of sp³-hybridized carbons (Fsp3) is 0.0816. The summed E-state index contributed by atoms with van der Waals surface area (Å²) in [6.07, 6.45) is 12.7. The first-order valence-electron chi connectivity index (χ1n) is 37.9. The Bertz CT molecular complexity index is 6200. The van der Waals surface area contributed by atoms with Gasteiger partial charge in [0.1, 0.15) is 34.5 Å². The van der Waals surface area contributed by atoms with Crippen molar-refractivity contribution in [3.8, 4) is 34.5 Å². The number of nitro groups is 5. The Morgan fingerprint density at radius 3 is 0.891 bits per heavy atom. The van der Waals surface area contributed by atoms with Gasteiger partial charge in [-0.25, -0.2) is 0 Å². The molecule has 0 radical (unpaired) electrons. The molecule has 0 aliphatic heterocycles. The van der Waals surface area contributed by atoms with Gasteiger partial charge < -0.3 is 28.4 Å². The Hall–Kier alpha value is -17.3. The quantitative estimate of drug-likeness (QED) is 0.0182. The molecule has 12 aromatic rings. The smallest absolute Gasteiger partial charge is 0.416 e. The lowest BCUT2D eigenvalue weighted by Crippen LogP contribution is -2.04. The lowest BCUT2D eigenvalue weighted by atomic mass is 10.1. The van der Waals surface area contributed by atoms with Crippen molar-refractivity contribution >= 4 is 99.6 Å². The van der Waals surface area contributed by atoms with Crippen LogP contribution in [-0.4, -0.2) is 102 Å². The molecule has 12 aromatic carbocycles. The number of carbonyl (C=O) groups excluding carboxylic acids is 6. The monoisotopic (exact) mass is 1740 g/mol. The van der Waals surface area contributed by atoms with Crippen LogP contribution in [0.4, 0.5) is 41.6 Å². The van der Waals surface area contributed by atoms with Crippen molar-refractivity contribution in [2.24, 2.45) is 0 Å². The molecular formula is C98H80F3N5O22. The van der Waals surface area contributed by atoms with Gasteiger partial charge in [-0.2, -0.15) is 13.2 Å². The van der Waals surface area contributed by atoms with Gasteiger partial charge in [-0.1, -0.05) is 158 Å². The number of ketones is 6. The van der Waals surface area contributed by atoms with Gasteiger partial charge in [0.15, 0.2) is 34.7 Å². The number of methoxy groups -OCH3 is 6. The molecule has 0 saturated heterocycles. The second-order valence-corrected chi connectivity index (χ2v) is 26.1. The Labute approximate surface area is 731 Å². The number of non-ortho nitro benzene ring substituents is 3. The van der Waals surface area contributed by atoms with Gasteiger partial charge in [0, 0.05) is 36.4 Å². The molecule has 0 aliphatic rings. The van der Waals surface area contributed by atoms with Gasteiger partial charge in [-0.3, -0.25) is 79.3 Å². The largest absolute Gasteiger partial charge is 0.496 e. The number of hydrogen-bond acceptors (Lipinski definition) is 22. The number of nitrogens with zero attached hydrogens (tertiary/aromatic N) is 5. The van der Waals surface area contributed by atoms with E-state index in [-0.39, 0.29) is 51.5 Å². The van der Waals surface area contributed by atoms with Crippen molar-refractivity contribution in [3.63, 3.8) is 0 Å². The standard InChI is InChI=1S/C17H13F3O2.C17H16O2.C16H12N2O6.3C16H13NO4/c1-22-16-8-3-2-7-14(16)15(21)10-9-12-5-4-6-13(11-12)17(18,19)20;1-13-7-3-4-8-14(13)11-12-16(18)15-9-5-6-10-17(15)19-2;1-24-16-5-3-2-4-13(16)15(19)9-7-11-6-8-12(17(20)21)10-14(11)18(22)23;1-21-16-9-5-3-7-13(16)15(18)11-10-12-6-2-4-8-14(12)17(19)20;1-21-16-8-3-2-7-14(16)15(18)10-9-12-5-4-6-13(11-12)17(19)20;1-21-16-5-3-2-4-14(16)15(18)11-8-12-6-9-13(10-7-12)17(19)20/h2-11H,1H3;3-12H,1-2H3;2-10H,1H3;3*2-11H,1H3/b10-9+;12-11+;9-7+;11-10+;10-9+;11-8+. The number of para-hydroxylation sites is 7. The molecule has 0 spiro atoms. The zero-order valence-electron chi connectivity index (χ0n) is 69.4. The highest BCUT2D eigenvalue weighted by Crippen LogP contribution is 2.32. The van der Waals surface area contributed by atoms with E-state index in [1.54, 1.807) is 201 Å². The number of allylic oxidation sites excluding steroid dienone is 6. The molecule has 0 saturated carbocycles. The highest BCUT2D eigenvalue weighted by molar-refractivity contribution is 6.12. The zero-order valence-corrected chi connectivity index (χ0v) is 69.4. The number of alkyl halides is 3. The van der Waals surface area contributed by atoms with Crippen molar-refractivity contribution in [3.05, 3.63) is 450 Å². The molecule has 0 bridgehead atoms. The van der Waals surface area contributed by atoms with E-state index in [0.717, 1.165) is 41.5 Å². The number of hydrogen-bond donors (Lipinski definition) is 0. The molecule has 30 heteroatoms. The van der Waals surface area contributed by atoms with Crippen LogP contribution >= 0.6 is 0 Å². The maximum atomic E-state index is 12.6. The molecule has 0 aliphatic carbocycles. The second-order valence-electron chi connectivity index (χ2n) is 26.1. The first kappa shape index (κ1) is 97.8. The molecule has 0 unspecified atom stereocenters. The third kappa shape index (κ3) is 29.8. The van der Waals surface area contributed by atoms with Crippen molar-refractivity contribution in [2.75, 3.05) is 42.7 Å². The molecule has 0 atom stereocenters. The fourth-order valence-corrected chi connectivity index (χ4v) is 11.4. The molecule has 12 rings (SSSR count). The average Bonchev–Trinajstić information content (AvgIpc) is 0.826. The Balaban J connectivity index is 0.000000211. The number of ether oxygens (including phenoxy) is 6. The van der Waals surface area contributed by atoms with E-state index in [9.17, 15) is 92.5 Å². The summed E-state index contributed by atoms with van der Waals surface area (Å²) in [6, 6.07) is 75.3. The van der Waals surface area contributed by atoms with Crippen LogP contribution in [-0.2, 0) is 6.18 Å². The molecule has 0 amide bonds.